The summed E-state index contributed by atoms with van der Waals surface area (Å²) in [5.41, 5.74) is 5.47. The lowest BCUT2D eigenvalue weighted by Crippen LogP contribution is -2.61. The van der Waals surface area contributed by atoms with Crippen LogP contribution in [0.5, 0.6) is 0 Å². The average molecular weight is 463 g/mol. The average Bonchev–Trinajstić information content (AvgIpc) is 2.69. The second-order valence-corrected chi connectivity index (χ2v) is 9.99. The van der Waals surface area contributed by atoms with Crippen LogP contribution in [-0.4, -0.2) is 51.6 Å². The van der Waals surface area contributed by atoms with Crippen LogP contribution in [0.2, 0.25) is 0 Å². The molecule has 1 rings (SSSR count). The van der Waals surface area contributed by atoms with Gasteiger partial charge in [-0.05, 0) is 51.5 Å². The third-order valence-electron chi connectivity index (χ3n) is 5.79. The van der Waals surface area contributed by atoms with E-state index in [1.807, 2.05) is 37.3 Å². The normalized spacial score (nSPS) is 15.4. The number of benzene rings is 1. The molecular formula is C25H40N3O5-. The summed E-state index contributed by atoms with van der Waals surface area (Å²) in [4.78, 5) is 38.0. The minimum atomic E-state index is -1.38. The van der Waals surface area contributed by atoms with Crippen molar-refractivity contribution >= 4 is 17.9 Å². The number of carbonyl (C=O) groups is 3. The summed E-state index contributed by atoms with van der Waals surface area (Å²) in [7, 11) is 0. The summed E-state index contributed by atoms with van der Waals surface area (Å²) in [6, 6.07) is 7.66. The first-order valence-corrected chi connectivity index (χ1v) is 11.6. The van der Waals surface area contributed by atoms with E-state index >= 15 is 0 Å². The Balaban J connectivity index is 3.21. The van der Waals surface area contributed by atoms with Gasteiger partial charge in [-0.25, -0.2) is 0 Å². The molecule has 8 heteroatoms. The molecule has 1 aromatic carbocycles. The van der Waals surface area contributed by atoms with Crippen LogP contribution in [0.25, 0.3) is 0 Å². The molecule has 3 amide bonds. The first kappa shape index (κ1) is 28.4. The Kier molecular flexibility index (Phi) is 10.8. The predicted octanol–water partition coefficient (Wildman–Crippen LogP) is 1.83. The lowest BCUT2D eigenvalue weighted by molar-refractivity contribution is -0.275. The summed E-state index contributed by atoms with van der Waals surface area (Å²) in [6.07, 6.45) is -1.04. The van der Waals surface area contributed by atoms with E-state index in [2.05, 4.69) is 5.32 Å². The number of carboxylic acid groups (broad SMARTS) is 1. The van der Waals surface area contributed by atoms with Crippen LogP contribution >= 0.6 is 0 Å². The third kappa shape index (κ3) is 8.68. The second-order valence-electron chi connectivity index (χ2n) is 9.99. The van der Waals surface area contributed by atoms with E-state index < -0.39 is 41.6 Å². The van der Waals surface area contributed by atoms with Crippen molar-refractivity contribution in [3.63, 3.8) is 0 Å². The number of primary amides is 1. The van der Waals surface area contributed by atoms with Gasteiger partial charge in [-0.15, -0.1) is 0 Å². The van der Waals surface area contributed by atoms with Crippen molar-refractivity contribution in [2.24, 2.45) is 17.6 Å². The number of hydrogen-bond acceptors (Lipinski definition) is 5. The van der Waals surface area contributed by atoms with Crippen molar-refractivity contribution in [3.8, 4) is 0 Å². The summed E-state index contributed by atoms with van der Waals surface area (Å²) in [5.74, 6) is -1.78. The molecule has 0 aromatic heterocycles. The molecule has 1 aromatic rings. The van der Waals surface area contributed by atoms with E-state index in [-0.39, 0.29) is 24.7 Å². The molecule has 8 nitrogen and oxygen atoms in total. The first-order valence-electron chi connectivity index (χ1n) is 11.6. The van der Waals surface area contributed by atoms with Crippen LogP contribution < -0.4 is 16.2 Å². The molecule has 0 saturated carbocycles. The minimum absolute atomic E-state index is 0.0423. The Hall–Kier alpha value is -2.61. The van der Waals surface area contributed by atoms with Gasteiger partial charge < -0.3 is 31.0 Å². The van der Waals surface area contributed by atoms with Crippen molar-refractivity contribution in [1.82, 2.24) is 10.2 Å². The molecule has 0 fully saturated rings. The smallest absolute Gasteiger partial charge is 0.240 e. The number of carbonyl (C=O) groups excluding carboxylic acids is 3. The number of aliphatic hydroxyl groups is 1. The predicted molar refractivity (Wildman–Crippen MR) is 126 cm³/mol. The van der Waals surface area contributed by atoms with E-state index in [0.717, 1.165) is 10.5 Å². The van der Waals surface area contributed by atoms with Crippen LogP contribution in [0.15, 0.2) is 30.3 Å². The van der Waals surface area contributed by atoms with Crippen LogP contribution in [0, 0.1) is 11.8 Å². The zero-order chi connectivity index (χ0) is 25.3. The molecule has 0 unspecified atom stereocenters. The Bertz CT molecular complexity index is 776. The van der Waals surface area contributed by atoms with Crippen LogP contribution in [0.3, 0.4) is 0 Å². The molecule has 0 spiro atoms. The van der Waals surface area contributed by atoms with E-state index in [1.165, 1.54) is 0 Å². The van der Waals surface area contributed by atoms with E-state index in [9.17, 15) is 24.6 Å². The Morgan fingerprint density at radius 1 is 1.15 bits per heavy atom. The largest absolute Gasteiger partial charge is 0.530 e. The molecule has 0 aliphatic carbocycles. The highest BCUT2D eigenvalue weighted by molar-refractivity contribution is 5.87. The van der Waals surface area contributed by atoms with Crippen molar-refractivity contribution in [1.29, 1.82) is 0 Å². The molecule has 4 atom stereocenters. The molecule has 0 aliphatic heterocycles. The fraction of sp³-hybridized carbons (Fsp3) is 0.640. The Morgan fingerprint density at radius 3 is 2.15 bits per heavy atom. The van der Waals surface area contributed by atoms with Gasteiger partial charge in [0.1, 0.15) is 12.1 Å². The van der Waals surface area contributed by atoms with E-state index in [0.29, 0.717) is 12.8 Å². The summed E-state index contributed by atoms with van der Waals surface area (Å²) >= 11 is 0. The van der Waals surface area contributed by atoms with Gasteiger partial charge in [0, 0.05) is 11.5 Å². The molecular weight excluding hydrogens is 422 g/mol. The molecule has 186 valence electrons. The van der Waals surface area contributed by atoms with Gasteiger partial charge in [-0.2, -0.15) is 0 Å². The number of rotatable bonds is 12. The highest BCUT2D eigenvalue weighted by Gasteiger charge is 2.36. The molecule has 0 saturated heterocycles. The molecule has 4 N–H and O–H groups in total. The van der Waals surface area contributed by atoms with Gasteiger partial charge in [-0.3, -0.25) is 9.59 Å². The van der Waals surface area contributed by atoms with Gasteiger partial charge in [0.25, 0.3) is 0 Å². The topological polar surface area (TPSA) is 136 Å². The van der Waals surface area contributed by atoms with Gasteiger partial charge in [0.15, 0.2) is 0 Å². The monoisotopic (exact) mass is 462 g/mol. The SMILES string of the molecule is CCC[C@H](C[C@H](O)[C@H](Cc1ccccc1)N(C(=O)[O-])C(C)(C)C)C(=O)N[C@H](C(N)=O)C(C)C. The summed E-state index contributed by atoms with van der Waals surface area (Å²) < 4.78 is 0. The number of nitrogens with zero attached hydrogens (tertiary/aromatic N) is 1. The maximum atomic E-state index is 13.0. The van der Waals surface area contributed by atoms with Crippen LogP contribution in [-0.2, 0) is 16.0 Å². The fourth-order valence-electron chi connectivity index (χ4n) is 4.15. The van der Waals surface area contributed by atoms with Gasteiger partial charge in [-0.1, -0.05) is 57.5 Å². The highest BCUT2D eigenvalue weighted by Crippen LogP contribution is 2.26. The molecule has 0 radical (unpaired) electrons. The zero-order valence-electron chi connectivity index (χ0n) is 20.7. The summed E-state index contributed by atoms with van der Waals surface area (Å²) in [6.45, 7) is 10.7. The molecule has 0 bridgehead atoms. The third-order valence-corrected chi connectivity index (χ3v) is 5.79. The maximum Gasteiger partial charge on any atom is 0.240 e. The molecule has 33 heavy (non-hydrogen) atoms. The van der Waals surface area contributed by atoms with Crippen molar-refractivity contribution < 1.29 is 24.6 Å². The van der Waals surface area contributed by atoms with Crippen molar-refractivity contribution in [2.75, 3.05) is 0 Å². The Labute approximate surface area is 197 Å². The van der Waals surface area contributed by atoms with Crippen molar-refractivity contribution in [2.45, 2.75) is 91.0 Å². The van der Waals surface area contributed by atoms with Crippen LogP contribution in [0.4, 0.5) is 4.79 Å². The summed E-state index contributed by atoms with van der Waals surface area (Å²) in [5, 5.41) is 26.1. The number of amides is 3. The number of hydrogen-bond donors (Lipinski definition) is 3. The lowest BCUT2D eigenvalue weighted by atomic mass is 9.87. The molecule has 0 heterocycles. The van der Waals surface area contributed by atoms with Crippen molar-refractivity contribution in [3.05, 3.63) is 35.9 Å². The van der Waals surface area contributed by atoms with Gasteiger partial charge in [0.2, 0.25) is 11.8 Å². The van der Waals surface area contributed by atoms with E-state index in [1.54, 1.807) is 34.6 Å². The van der Waals surface area contributed by atoms with Gasteiger partial charge >= 0.3 is 0 Å². The van der Waals surface area contributed by atoms with Gasteiger partial charge in [0.05, 0.1) is 12.1 Å². The standard InChI is InChI=1S/C25H41N3O5/c1-7-11-18(23(31)27-21(16(2)3)22(26)30)15-20(29)19(14-17-12-9-8-10-13-17)28(24(32)33)25(4,5)6/h8-10,12-13,16,18-21,29H,7,11,14-15H2,1-6H3,(H2,26,30)(H,27,31)(H,32,33)/p-1/t18-,19+,20+,21+/m1/s1. The minimum Gasteiger partial charge on any atom is -0.530 e. The van der Waals surface area contributed by atoms with Crippen LogP contribution in [0.1, 0.15) is 66.4 Å². The quantitative estimate of drug-likeness (QED) is 0.435. The Morgan fingerprint density at radius 2 is 1.73 bits per heavy atom. The highest BCUT2D eigenvalue weighted by atomic mass is 16.4. The number of aliphatic hydroxyl groups excluding tert-OH is 1. The molecule has 0 aliphatic rings. The number of nitrogens with one attached hydrogen (secondary N) is 1. The maximum absolute atomic E-state index is 13.0. The number of nitrogens with two attached hydrogens (primary N) is 1. The van der Waals surface area contributed by atoms with E-state index in [4.69, 9.17) is 5.73 Å². The second kappa shape index (κ2) is 12.6. The first-order chi connectivity index (χ1) is 15.3. The lowest BCUT2D eigenvalue weighted by Gasteiger charge is -2.46. The fourth-order valence-corrected chi connectivity index (χ4v) is 4.15. The zero-order valence-corrected chi connectivity index (χ0v) is 20.7.